The molecule has 0 unspecified atom stereocenters. The van der Waals surface area contributed by atoms with Crippen molar-refractivity contribution >= 4 is 17.3 Å². The molecule has 2 aliphatic heterocycles. The molecule has 152 valence electrons. The SMILES string of the molecule is CC1(C)CCCN(c2cn3nc(N4CCC[C@@H]4c4ccc(F)cc4)ccc3n2)C1. The highest BCUT2D eigenvalue weighted by Crippen LogP contribution is 2.36. The molecule has 0 radical (unpaired) electrons. The first-order chi connectivity index (χ1) is 14.0. The molecule has 2 aromatic heterocycles. The lowest BCUT2D eigenvalue weighted by molar-refractivity contribution is 0.292. The maximum atomic E-state index is 13.3. The fourth-order valence-electron chi connectivity index (χ4n) is 4.86. The topological polar surface area (TPSA) is 36.7 Å². The normalized spacial score (nSPS) is 21.8. The van der Waals surface area contributed by atoms with Gasteiger partial charge in [0.05, 0.1) is 12.2 Å². The van der Waals surface area contributed by atoms with Gasteiger partial charge in [0.25, 0.3) is 0 Å². The zero-order valence-electron chi connectivity index (χ0n) is 17.2. The number of nitrogens with zero attached hydrogens (tertiary/aromatic N) is 5. The van der Waals surface area contributed by atoms with E-state index >= 15 is 0 Å². The second-order valence-corrected chi connectivity index (χ2v) is 9.19. The first-order valence-electron chi connectivity index (χ1n) is 10.6. The Bertz CT molecular complexity index is 1010. The Labute approximate surface area is 171 Å². The molecule has 5 rings (SSSR count). The fourth-order valence-corrected chi connectivity index (χ4v) is 4.86. The molecule has 4 heterocycles. The summed E-state index contributed by atoms with van der Waals surface area (Å²) >= 11 is 0. The summed E-state index contributed by atoms with van der Waals surface area (Å²) in [6, 6.07) is 11.2. The van der Waals surface area contributed by atoms with Crippen LogP contribution in [0.3, 0.4) is 0 Å². The third kappa shape index (κ3) is 3.56. The number of aromatic nitrogens is 3. The van der Waals surface area contributed by atoms with Gasteiger partial charge in [-0.2, -0.15) is 0 Å². The molecule has 1 aromatic carbocycles. The molecule has 2 aliphatic rings. The third-order valence-corrected chi connectivity index (χ3v) is 6.32. The van der Waals surface area contributed by atoms with Crippen molar-refractivity contribution in [2.24, 2.45) is 5.41 Å². The third-order valence-electron chi connectivity index (χ3n) is 6.32. The molecule has 5 nitrogen and oxygen atoms in total. The highest BCUT2D eigenvalue weighted by molar-refractivity contribution is 5.54. The summed E-state index contributed by atoms with van der Waals surface area (Å²) in [5.41, 5.74) is 2.35. The van der Waals surface area contributed by atoms with Crippen molar-refractivity contribution in [3.8, 4) is 0 Å². The van der Waals surface area contributed by atoms with Crippen LogP contribution >= 0.6 is 0 Å². The Kier molecular flexibility index (Phi) is 4.45. The van der Waals surface area contributed by atoms with E-state index in [0.29, 0.717) is 5.41 Å². The van der Waals surface area contributed by atoms with Gasteiger partial charge >= 0.3 is 0 Å². The summed E-state index contributed by atoms with van der Waals surface area (Å²) in [7, 11) is 0. The van der Waals surface area contributed by atoms with Crippen LogP contribution in [0, 0.1) is 11.2 Å². The standard InChI is InChI=1S/C23H28FN5/c1-23(2)12-4-13-27(16-23)22-15-29-20(25-22)10-11-21(26-29)28-14-3-5-19(28)17-6-8-18(24)9-7-17/h6-11,15,19H,3-5,12-14,16H2,1-2H3/t19-/m1/s1. The Hall–Kier alpha value is -2.63. The monoisotopic (exact) mass is 393 g/mol. The molecule has 2 fully saturated rings. The predicted molar refractivity (Wildman–Crippen MR) is 114 cm³/mol. The molecule has 29 heavy (non-hydrogen) atoms. The summed E-state index contributed by atoms with van der Waals surface area (Å²) in [5.74, 6) is 1.77. The van der Waals surface area contributed by atoms with E-state index in [1.807, 2.05) is 16.6 Å². The lowest BCUT2D eigenvalue weighted by Crippen LogP contribution is -2.40. The van der Waals surface area contributed by atoms with Gasteiger partial charge in [0, 0.05) is 19.6 Å². The number of piperidine rings is 1. The van der Waals surface area contributed by atoms with Crippen LogP contribution in [-0.4, -0.2) is 34.2 Å². The molecule has 0 N–H and O–H groups in total. The molecular formula is C23H28FN5. The zero-order chi connectivity index (χ0) is 20.0. The first-order valence-corrected chi connectivity index (χ1v) is 10.6. The van der Waals surface area contributed by atoms with Crippen molar-refractivity contribution in [1.82, 2.24) is 14.6 Å². The minimum Gasteiger partial charge on any atom is -0.355 e. The van der Waals surface area contributed by atoms with Gasteiger partial charge in [-0.3, -0.25) is 0 Å². The molecule has 0 spiro atoms. The number of anilines is 2. The zero-order valence-corrected chi connectivity index (χ0v) is 17.2. The fraction of sp³-hybridized carbons (Fsp3) is 0.478. The van der Waals surface area contributed by atoms with Crippen LogP contribution in [0.5, 0.6) is 0 Å². The van der Waals surface area contributed by atoms with Gasteiger partial charge in [0.15, 0.2) is 5.65 Å². The van der Waals surface area contributed by atoms with Crippen LogP contribution in [-0.2, 0) is 0 Å². The number of fused-ring (bicyclic) bond motifs is 1. The smallest absolute Gasteiger partial charge is 0.156 e. The average molecular weight is 394 g/mol. The molecule has 6 heteroatoms. The maximum absolute atomic E-state index is 13.3. The van der Waals surface area contributed by atoms with Gasteiger partial charge in [0.2, 0.25) is 0 Å². The molecule has 2 saturated heterocycles. The van der Waals surface area contributed by atoms with Gasteiger partial charge in [-0.15, -0.1) is 5.10 Å². The minimum absolute atomic E-state index is 0.190. The number of hydrogen-bond acceptors (Lipinski definition) is 4. The summed E-state index contributed by atoms with van der Waals surface area (Å²) in [5, 5.41) is 4.88. The Balaban J connectivity index is 1.43. The summed E-state index contributed by atoms with van der Waals surface area (Å²) in [6.07, 6.45) is 6.69. The maximum Gasteiger partial charge on any atom is 0.156 e. The second-order valence-electron chi connectivity index (χ2n) is 9.19. The van der Waals surface area contributed by atoms with E-state index in [1.165, 1.54) is 12.8 Å². The van der Waals surface area contributed by atoms with Crippen molar-refractivity contribution in [2.75, 3.05) is 29.4 Å². The highest BCUT2D eigenvalue weighted by atomic mass is 19.1. The molecule has 1 atom stereocenters. The number of hydrogen-bond donors (Lipinski definition) is 0. The largest absolute Gasteiger partial charge is 0.355 e. The predicted octanol–water partition coefficient (Wildman–Crippen LogP) is 4.84. The Morgan fingerprint density at radius 3 is 2.62 bits per heavy atom. The van der Waals surface area contributed by atoms with E-state index in [2.05, 4.69) is 42.0 Å². The van der Waals surface area contributed by atoms with E-state index in [4.69, 9.17) is 10.1 Å². The van der Waals surface area contributed by atoms with Gasteiger partial charge in [-0.25, -0.2) is 13.9 Å². The summed E-state index contributed by atoms with van der Waals surface area (Å²) < 4.78 is 15.2. The Morgan fingerprint density at radius 2 is 1.83 bits per heavy atom. The van der Waals surface area contributed by atoms with Crippen LogP contribution in [0.15, 0.2) is 42.6 Å². The minimum atomic E-state index is -0.190. The van der Waals surface area contributed by atoms with Crippen LogP contribution in [0.2, 0.25) is 0 Å². The van der Waals surface area contributed by atoms with E-state index in [9.17, 15) is 4.39 Å². The van der Waals surface area contributed by atoms with Crippen molar-refractivity contribution in [3.05, 3.63) is 54.0 Å². The first kappa shape index (κ1) is 18.4. The van der Waals surface area contributed by atoms with E-state index in [-0.39, 0.29) is 11.9 Å². The van der Waals surface area contributed by atoms with Crippen molar-refractivity contribution < 1.29 is 4.39 Å². The van der Waals surface area contributed by atoms with E-state index < -0.39 is 0 Å². The number of halogens is 1. The number of imidazole rings is 1. The van der Waals surface area contributed by atoms with Crippen LogP contribution < -0.4 is 9.80 Å². The number of benzene rings is 1. The van der Waals surface area contributed by atoms with E-state index in [0.717, 1.165) is 55.3 Å². The molecule has 3 aromatic rings. The molecular weight excluding hydrogens is 365 g/mol. The van der Waals surface area contributed by atoms with Crippen molar-refractivity contribution in [1.29, 1.82) is 0 Å². The summed E-state index contributed by atoms with van der Waals surface area (Å²) in [6.45, 7) is 7.70. The van der Waals surface area contributed by atoms with Gasteiger partial charge in [-0.05, 0) is 60.9 Å². The molecule has 0 bridgehead atoms. The van der Waals surface area contributed by atoms with Crippen molar-refractivity contribution in [2.45, 2.75) is 45.6 Å². The van der Waals surface area contributed by atoms with Gasteiger partial charge < -0.3 is 9.80 Å². The van der Waals surface area contributed by atoms with Gasteiger partial charge in [-0.1, -0.05) is 26.0 Å². The Morgan fingerprint density at radius 1 is 1.00 bits per heavy atom. The molecule has 0 aliphatic carbocycles. The highest BCUT2D eigenvalue weighted by Gasteiger charge is 2.29. The van der Waals surface area contributed by atoms with Crippen LogP contribution in [0.1, 0.15) is 51.1 Å². The van der Waals surface area contributed by atoms with Gasteiger partial charge in [0.1, 0.15) is 17.5 Å². The number of rotatable bonds is 3. The molecule has 0 saturated carbocycles. The quantitative estimate of drug-likeness (QED) is 0.638. The second kappa shape index (κ2) is 7.01. The molecule has 0 amide bonds. The van der Waals surface area contributed by atoms with Crippen LogP contribution in [0.25, 0.3) is 5.65 Å². The summed E-state index contributed by atoms with van der Waals surface area (Å²) in [4.78, 5) is 9.54. The lowest BCUT2D eigenvalue weighted by Gasteiger charge is -2.38. The lowest BCUT2D eigenvalue weighted by atomic mass is 9.84. The van der Waals surface area contributed by atoms with Crippen LogP contribution in [0.4, 0.5) is 16.0 Å². The van der Waals surface area contributed by atoms with Crippen molar-refractivity contribution in [3.63, 3.8) is 0 Å². The average Bonchev–Trinajstić information content (AvgIpc) is 3.34. The van der Waals surface area contributed by atoms with E-state index in [1.54, 1.807) is 12.1 Å².